The summed E-state index contributed by atoms with van der Waals surface area (Å²) in [6.07, 6.45) is 2.61. The first-order valence-electron chi connectivity index (χ1n) is 2.78. The number of hydrogen-bond donors (Lipinski definition) is 0. The Morgan fingerprint density at radius 2 is 2.30 bits per heavy atom. The molecule has 0 aromatic rings. The van der Waals surface area contributed by atoms with Gasteiger partial charge in [0, 0.05) is 0 Å². The molecular formula is C5H9NO3S. The van der Waals surface area contributed by atoms with Gasteiger partial charge in [-0.1, -0.05) is 0 Å². The highest BCUT2D eigenvalue weighted by atomic mass is 32.2. The molecule has 0 spiro atoms. The minimum absolute atomic E-state index is 0.116. The minimum Gasteiger partial charge on any atom is -0.475 e. The van der Waals surface area contributed by atoms with Gasteiger partial charge in [-0.3, -0.25) is 0 Å². The van der Waals surface area contributed by atoms with Gasteiger partial charge in [0.05, 0.1) is 12.5 Å². The van der Waals surface area contributed by atoms with Crippen molar-refractivity contribution in [3.63, 3.8) is 0 Å². The SMILES string of the molecule is CC1=CN(S(C)(=O)=O)CO1. The van der Waals surface area contributed by atoms with Crippen LogP contribution < -0.4 is 0 Å². The summed E-state index contributed by atoms with van der Waals surface area (Å²) >= 11 is 0. The van der Waals surface area contributed by atoms with Crippen LogP contribution in [-0.2, 0) is 14.8 Å². The Kier molecular flexibility index (Phi) is 1.60. The highest BCUT2D eigenvalue weighted by Crippen LogP contribution is 2.12. The van der Waals surface area contributed by atoms with Gasteiger partial charge in [0.25, 0.3) is 0 Å². The number of allylic oxidation sites excluding steroid dienone is 1. The maximum atomic E-state index is 10.8. The lowest BCUT2D eigenvalue weighted by Gasteiger charge is -2.08. The van der Waals surface area contributed by atoms with Crippen LogP contribution in [0.3, 0.4) is 0 Å². The lowest BCUT2D eigenvalue weighted by atomic mass is 10.6. The van der Waals surface area contributed by atoms with Gasteiger partial charge in [-0.25, -0.2) is 12.7 Å². The Labute approximate surface area is 60.1 Å². The van der Waals surface area contributed by atoms with E-state index in [1.807, 2.05) is 0 Å². The summed E-state index contributed by atoms with van der Waals surface area (Å²) in [6.45, 7) is 1.83. The third kappa shape index (κ3) is 1.41. The molecule has 0 aromatic heterocycles. The van der Waals surface area contributed by atoms with Gasteiger partial charge in [-0.2, -0.15) is 0 Å². The largest absolute Gasteiger partial charge is 0.475 e. The average Bonchev–Trinajstić information content (AvgIpc) is 2.11. The van der Waals surface area contributed by atoms with Gasteiger partial charge >= 0.3 is 0 Å². The molecule has 58 valence electrons. The second-order valence-corrected chi connectivity index (χ2v) is 4.10. The Morgan fingerprint density at radius 3 is 2.50 bits per heavy atom. The van der Waals surface area contributed by atoms with Crippen LogP contribution in [0.5, 0.6) is 0 Å². The number of rotatable bonds is 1. The summed E-state index contributed by atoms with van der Waals surface area (Å²) in [4.78, 5) is 0. The Morgan fingerprint density at radius 1 is 1.70 bits per heavy atom. The molecular weight excluding hydrogens is 154 g/mol. The van der Waals surface area contributed by atoms with Gasteiger partial charge < -0.3 is 4.74 Å². The maximum absolute atomic E-state index is 10.8. The molecule has 1 aliphatic rings. The summed E-state index contributed by atoms with van der Waals surface area (Å²) in [5.41, 5.74) is 0. The zero-order valence-corrected chi connectivity index (χ0v) is 6.68. The van der Waals surface area contributed by atoms with E-state index in [2.05, 4.69) is 0 Å². The highest BCUT2D eigenvalue weighted by Gasteiger charge is 2.18. The molecule has 0 atom stereocenters. The van der Waals surface area contributed by atoms with Crippen molar-refractivity contribution in [2.24, 2.45) is 0 Å². The van der Waals surface area contributed by atoms with Crippen molar-refractivity contribution < 1.29 is 13.2 Å². The van der Waals surface area contributed by atoms with Crippen LogP contribution in [0, 0.1) is 0 Å². The minimum atomic E-state index is -3.10. The van der Waals surface area contributed by atoms with Gasteiger partial charge in [-0.05, 0) is 6.92 Å². The number of hydrogen-bond acceptors (Lipinski definition) is 3. The monoisotopic (exact) mass is 163 g/mol. The van der Waals surface area contributed by atoms with E-state index in [0.29, 0.717) is 5.76 Å². The summed E-state index contributed by atoms with van der Waals surface area (Å²) in [6, 6.07) is 0. The van der Waals surface area contributed by atoms with E-state index in [1.165, 1.54) is 6.20 Å². The molecule has 5 heteroatoms. The van der Waals surface area contributed by atoms with Gasteiger partial charge in [0.15, 0.2) is 6.73 Å². The molecule has 4 nitrogen and oxygen atoms in total. The maximum Gasteiger partial charge on any atom is 0.234 e. The number of nitrogens with zero attached hydrogens (tertiary/aromatic N) is 1. The van der Waals surface area contributed by atoms with Crippen molar-refractivity contribution in [1.82, 2.24) is 4.31 Å². The smallest absolute Gasteiger partial charge is 0.234 e. The first-order valence-corrected chi connectivity index (χ1v) is 4.63. The Bertz CT molecular complexity index is 254. The fraction of sp³-hybridized carbons (Fsp3) is 0.600. The van der Waals surface area contributed by atoms with Crippen LogP contribution in [0.25, 0.3) is 0 Å². The highest BCUT2D eigenvalue weighted by molar-refractivity contribution is 7.88. The molecule has 0 unspecified atom stereocenters. The van der Waals surface area contributed by atoms with E-state index in [-0.39, 0.29) is 6.73 Å². The van der Waals surface area contributed by atoms with Crippen LogP contribution in [0.2, 0.25) is 0 Å². The van der Waals surface area contributed by atoms with Crippen LogP contribution in [-0.4, -0.2) is 25.7 Å². The van der Waals surface area contributed by atoms with Crippen molar-refractivity contribution in [1.29, 1.82) is 0 Å². The standard InChI is InChI=1S/C5H9NO3S/c1-5-3-6(4-9-5)10(2,7)8/h3H,4H2,1-2H3. The molecule has 0 aliphatic carbocycles. The topological polar surface area (TPSA) is 46.6 Å². The van der Waals surface area contributed by atoms with Gasteiger partial charge in [0.2, 0.25) is 10.0 Å². The molecule has 0 saturated heterocycles. The molecule has 1 aliphatic heterocycles. The van der Waals surface area contributed by atoms with E-state index in [4.69, 9.17) is 4.74 Å². The van der Waals surface area contributed by atoms with Crippen LogP contribution in [0.4, 0.5) is 0 Å². The molecule has 0 fully saturated rings. The van der Waals surface area contributed by atoms with Gasteiger partial charge in [-0.15, -0.1) is 0 Å². The second kappa shape index (κ2) is 2.16. The molecule has 0 amide bonds. The molecule has 0 radical (unpaired) electrons. The van der Waals surface area contributed by atoms with Crippen molar-refractivity contribution in [3.8, 4) is 0 Å². The summed E-state index contributed by atoms with van der Waals surface area (Å²) < 4.78 is 27.6. The van der Waals surface area contributed by atoms with Crippen LogP contribution in [0.15, 0.2) is 12.0 Å². The lowest BCUT2D eigenvalue weighted by Crippen LogP contribution is -2.22. The van der Waals surface area contributed by atoms with Crippen molar-refractivity contribution in [3.05, 3.63) is 12.0 Å². The molecule has 10 heavy (non-hydrogen) atoms. The average molecular weight is 163 g/mol. The Balaban J connectivity index is 2.81. The van der Waals surface area contributed by atoms with E-state index in [0.717, 1.165) is 10.6 Å². The zero-order chi connectivity index (χ0) is 7.78. The quantitative estimate of drug-likeness (QED) is 0.550. The first kappa shape index (κ1) is 7.40. The molecule has 1 heterocycles. The van der Waals surface area contributed by atoms with Crippen molar-refractivity contribution in [2.75, 3.05) is 13.0 Å². The van der Waals surface area contributed by atoms with Crippen LogP contribution in [0.1, 0.15) is 6.92 Å². The molecule has 0 aromatic carbocycles. The first-order chi connectivity index (χ1) is 4.50. The van der Waals surface area contributed by atoms with Crippen molar-refractivity contribution >= 4 is 10.0 Å². The molecule has 1 rings (SSSR count). The third-order valence-corrected chi connectivity index (χ3v) is 2.23. The van der Waals surface area contributed by atoms with Crippen LogP contribution >= 0.6 is 0 Å². The number of sulfonamides is 1. The molecule has 0 N–H and O–H groups in total. The number of ether oxygens (including phenoxy) is 1. The fourth-order valence-corrected chi connectivity index (χ4v) is 1.22. The summed E-state index contributed by atoms with van der Waals surface area (Å²) in [7, 11) is -3.10. The lowest BCUT2D eigenvalue weighted by molar-refractivity contribution is 0.196. The summed E-state index contributed by atoms with van der Waals surface area (Å²) in [5.74, 6) is 0.630. The Hall–Kier alpha value is -0.710. The molecule has 0 bridgehead atoms. The third-order valence-electron chi connectivity index (χ3n) is 1.17. The predicted molar refractivity (Wildman–Crippen MR) is 36.4 cm³/mol. The van der Waals surface area contributed by atoms with E-state index >= 15 is 0 Å². The van der Waals surface area contributed by atoms with E-state index in [9.17, 15) is 8.42 Å². The summed E-state index contributed by atoms with van der Waals surface area (Å²) in [5, 5.41) is 0. The molecule has 0 saturated carbocycles. The fourth-order valence-electron chi connectivity index (χ4n) is 0.634. The van der Waals surface area contributed by atoms with E-state index < -0.39 is 10.0 Å². The zero-order valence-electron chi connectivity index (χ0n) is 5.86. The second-order valence-electron chi connectivity index (χ2n) is 2.16. The van der Waals surface area contributed by atoms with Gasteiger partial charge in [0.1, 0.15) is 5.76 Å². The predicted octanol–water partition coefficient (Wildman–Crippen LogP) is 0.0970. The van der Waals surface area contributed by atoms with Crippen molar-refractivity contribution in [2.45, 2.75) is 6.92 Å². The normalized spacial score (nSPS) is 18.6. The van der Waals surface area contributed by atoms with E-state index in [1.54, 1.807) is 6.92 Å².